The lowest BCUT2D eigenvalue weighted by Crippen LogP contribution is -2.38. The molecule has 0 bridgehead atoms. The van der Waals surface area contributed by atoms with Gasteiger partial charge in [-0.1, -0.05) is 19.9 Å². The van der Waals surface area contributed by atoms with Crippen molar-refractivity contribution in [3.8, 4) is 5.88 Å². The van der Waals surface area contributed by atoms with Crippen LogP contribution >= 0.6 is 24.0 Å². The van der Waals surface area contributed by atoms with Crippen molar-refractivity contribution in [1.82, 2.24) is 15.6 Å². The molecule has 6 nitrogen and oxygen atoms in total. The summed E-state index contributed by atoms with van der Waals surface area (Å²) in [7, 11) is 1.61. The Morgan fingerprint density at radius 1 is 1.29 bits per heavy atom. The van der Waals surface area contributed by atoms with Crippen molar-refractivity contribution in [2.24, 2.45) is 10.9 Å². The van der Waals surface area contributed by atoms with Crippen LogP contribution in [-0.4, -0.2) is 44.4 Å². The highest BCUT2D eigenvalue weighted by Crippen LogP contribution is 2.07. The van der Waals surface area contributed by atoms with Gasteiger partial charge in [0.1, 0.15) is 0 Å². The molecule has 0 aliphatic rings. The van der Waals surface area contributed by atoms with Gasteiger partial charge in [0.05, 0.1) is 13.7 Å². The molecule has 138 valence electrons. The van der Waals surface area contributed by atoms with E-state index in [9.17, 15) is 0 Å². The van der Waals surface area contributed by atoms with E-state index >= 15 is 0 Å². The molecule has 0 unspecified atom stereocenters. The van der Waals surface area contributed by atoms with Gasteiger partial charge >= 0.3 is 0 Å². The third kappa shape index (κ3) is 10.6. The summed E-state index contributed by atoms with van der Waals surface area (Å²) < 4.78 is 10.6. The number of guanidine groups is 1. The summed E-state index contributed by atoms with van der Waals surface area (Å²) >= 11 is 0. The first kappa shape index (κ1) is 22.9. The topological polar surface area (TPSA) is 67.8 Å². The van der Waals surface area contributed by atoms with Crippen molar-refractivity contribution in [1.29, 1.82) is 0 Å². The monoisotopic (exact) mass is 450 g/mol. The zero-order chi connectivity index (χ0) is 16.9. The van der Waals surface area contributed by atoms with Gasteiger partial charge in [0.15, 0.2) is 5.96 Å². The molecule has 0 aromatic carbocycles. The Hall–Kier alpha value is -1.09. The Morgan fingerprint density at radius 2 is 2.08 bits per heavy atom. The normalized spacial score (nSPS) is 11.1. The van der Waals surface area contributed by atoms with Crippen LogP contribution in [0, 0.1) is 5.92 Å². The minimum Gasteiger partial charge on any atom is -0.481 e. The van der Waals surface area contributed by atoms with E-state index in [0.29, 0.717) is 18.3 Å². The van der Waals surface area contributed by atoms with E-state index in [1.54, 1.807) is 13.3 Å². The fourth-order valence-electron chi connectivity index (χ4n) is 1.84. The molecule has 1 aromatic heterocycles. The second-order valence-electron chi connectivity index (χ2n) is 5.65. The summed E-state index contributed by atoms with van der Waals surface area (Å²) in [5.74, 6) is 2.01. The molecule has 0 spiro atoms. The van der Waals surface area contributed by atoms with Gasteiger partial charge in [0.25, 0.3) is 0 Å². The van der Waals surface area contributed by atoms with Gasteiger partial charge in [-0.3, -0.25) is 0 Å². The molecule has 0 saturated carbocycles. The van der Waals surface area contributed by atoms with Crippen LogP contribution in [0.4, 0.5) is 0 Å². The lowest BCUT2D eigenvalue weighted by Gasteiger charge is -2.12. The molecule has 2 N–H and O–H groups in total. The standard InChI is InChI=1S/C17H30N4O2.HI/c1-5-18-17(19-9-6-10-23-13-14(2)3)21-12-15-7-8-16(22-4)20-11-15;/h7-8,11,14H,5-6,9-10,12-13H2,1-4H3,(H2,18,19,21);1H. The number of hydrogen-bond acceptors (Lipinski definition) is 4. The van der Waals surface area contributed by atoms with Gasteiger partial charge < -0.3 is 20.1 Å². The molecule has 1 heterocycles. The van der Waals surface area contributed by atoms with E-state index in [0.717, 1.165) is 44.2 Å². The zero-order valence-corrected chi connectivity index (χ0v) is 17.5. The van der Waals surface area contributed by atoms with Crippen molar-refractivity contribution in [3.05, 3.63) is 23.9 Å². The van der Waals surface area contributed by atoms with Crippen molar-refractivity contribution in [2.75, 3.05) is 33.4 Å². The van der Waals surface area contributed by atoms with E-state index in [4.69, 9.17) is 9.47 Å². The molecule has 0 aliphatic carbocycles. The molecule has 24 heavy (non-hydrogen) atoms. The molecule has 0 radical (unpaired) electrons. The number of methoxy groups -OCH3 is 1. The SMILES string of the molecule is CCNC(=NCc1ccc(OC)nc1)NCCCOCC(C)C.I. The van der Waals surface area contributed by atoms with Crippen LogP contribution in [-0.2, 0) is 11.3 Å². The number of ether oxygens (including phenoxy) is 2. The van der Waals surface area contributed by atoms with Crippen molar-refractivity contribution in [3.63, 3.8) is 0 Å². The van der Waals surface area contributed by atoms with Crippen molar-refractivity contribution < 1.29 is 9.47 Å². The average molecular weight is 450 g/mol. The Labute approximate surface area is 162 Å². The van der Waals surface area contributed by atoms with Gasteiger partial charge in [0, 0.05) is 38.6 Å². The first-order chi connectivity index (χ1) is 11.2. The summed E-state index contributed by atoms with van der Waals surface area (Å²) in [4.78, 5) is 8.74. The number of pyridine rings is 1. The maximum atomic E-state index is 5.57. The number of nitrogens with one attached hydrogen (secondary N) is 2. The number of aliphatic imine (C=N–C) groups is 1. The maximum Gasteiger partial charge on any atom is 0.212 e. The van der Waals surface area contributed by atoms with Crippen molar-refractivity contribution >= 4 is 29.9 Å². The number of nitrogens with zero attached hydrogens (tertiary/aromatic N) is 2. The predicted octanol–water partition coefficient (Wildman–Crippen LogP) is 2.83. The third-order valence-corrected chi connectivity index (χ3v) is 2.98. The second kappa shape index (κ2) is 14.3. The van der Waals surface area contributed by atoms with E-state index < -0.39 is 0 Å². The molecule has 0 atom stereocenters. The van der Waals surface area contributed by atoms with Crippen LogP contribution in [0.1, 0.15) is 32.8 Å². The fraction of sp³-hybridized carbons (Fsp3) is 0.647. The van der Waals surface area contributed by atoms with Crippen LogP contribution in [0.2, 0.25) is 0 Å². The quantitative estimate of drug-likeness (QED) is 0.248. The number of aromatic nitrogens is 1. The number of hydrogen-bond donors (Lipinski definition) is 2. The molecule has 0 amide bonds. The van der Waals surface area contributed by atoms with E-state index in [2.05, 4.69) is 41.4 Å². The Kier molecular flexibility index (Phi) is 13.6. The molecule has 0 fully saturated rings. The highest BCUT2D eigenvalue weighted by atomic mass is 127. The van der Waals surface area contributed by atoms with Crippen LogP contribution in [0.5, 0.6) is 5.88 Å². The first-order valence-electron chi connectivity index (χ1n) is 8.24. The summed E-state index contributed by atoms with van der Waals surface area (Å²) in [6.07, 6.45) is 2.74. The van der Waals surface area contributed by atoms with Gasteiger partial charge in [-0.2, -0.15) is 0 Å². The van der Waals surface area contributed by atoms with Crippen LogP contribution < -0.4 is 15.4 Å². The van der Waals surface area contributed by atoms with Crippen LogP contribution in [0.15, 0.2) is 23.3 Å². The zero-order valence-electron chi connectivity index (χ0n) is 15.2. The molecule has 1 aromatic rings. The molecule has 0 aliphatic heterocycles. The minimum absolute atomic E-state index is 0. The molecular formula is C17H31IN4O2. The second-order valence-corrected chi connectivity index (χ2v) is 5.65. The lowest BCUT2D eigenvalue weighted by atomic mass is 10.2. The molecule has 0 saturated heterocycles. The Bertz CT molecular complexity index is 452. The first-order valence-corrected chi connectivity index (χ1v) is 8.24. The van der Waals surface area contributed by atoms with E-state index in [1.165, 1.54) is 0 Å². The third-order valence-electron chi connectivity index (χ3n) is 2.98. The minimum atomic E-state index is 0. The van der Waals surface area contributed by atoms with Gasteiger partial charge in [0.2, 0.25) is 5.88 Å². The Morgan fingerprint density at radius 3 is 2.67 bits per heavy atom. The average Bonchev–Trinajstić information content (AvgIpc) is 2.55. The predicted molar refractivity (Wildman–Crippen MR) is 109 cm³/mol. The number of rotatable bonds is 10. The lowest BCUT2D eigenvalue weighted by molar-refractivity contribution is 0.108. The highest BCUT2D eigenvalue weighted by molar-refractivity contribution is 14.0. The molecular weight excluding hydrogens is 419 g/mol. The summed E-state index contributed by atoms with van der Waals surface area (Å²) in [5, 5.41) is 6.55. The van der Waals surface area contributed by atoms with E-state index in [-0.39, 0.29) is 24.0 Å². The van der Waals surface area contributed by atoms with Crippen LogP contribution in [0.3, 0.4) is 0 Å². The van der Waals surface area contributed by atoms with Gasteiger partial charge in [-0.05, 0) is 24.8 Å². The van der Waals surface area contributed by atoms with E-state index in [1.807, 2.05) is 12.1 Å². The number of halogens is 1. The van der Waals surface area contributed by atoms with Gasteiger partial charge in [-0.25, -0.2) is 9.98 Å². The largest absolute Gasteiger partial charge is 0.481 e. The molecule has 1 rings (SSSR count). The van der Waals surface area contributed by atoms with Crippen molar-refractivity contribution in [2.45, 2.75) is 33.7 Å². The van der Waals surface area contributed by atoms with Crippen LogP contribution in [0.25, 0.3) is 0 Å². The van der Waals surface area contributed by atoms with Gasteiger partial charge in [-0.15, -0.1) is 24.0 Å². The highest BCUT2D eigenvalue weighted by Gasteiger charge is 1.99. The summed E-state index contributed by atoms with van der Waals surface area (Å²) in [6.45, 7) is 10.2. The fourth-order valence-corrected chi connectivity index (χ4v) is 1.84. The smallest absolute Gasteiger partial charge is 0.212 e. The molecule has 7 heteroatoms. The maximum absolute atomic E-state index is 5.57. The summed E-state index contributed by atoms with van der Waals surface area (Å²) in [5.41, 5.74) is 1.04. The Balaban J connectivity index is 0.00000529. The summed E-state index contributed by atoms with van der Waals surface area (Å²) in [6, 6.07) is 3.82.